The molecule has 0 atom stereocenters. The van der Waals surface area contributed by atoms with Crippen molar-refractivity contribution in [1.82, 2.24) is 4.72 Å². The lowest BCUT2D eigenvalue weighted by Crippen LogP contribution is -2.23. The summed E-state index contributed by atoms with van der Waals surface area (Å²) in [6, 6.07) is 3.56. The summed E-state index contributed by atoms with van der Waals surface area (Å²) >= 11 is 2.87. The molecule has 0 amide bonds. The van der Waals surface area contributed by atoms with E-state index >= 15 is 0 Å². The molecule has 0 aliphatic rings. The van der Waals surface area contributed by atoms with Crippen LogP contribution in [0.15, 0.2) is 22.4 Å². The molecule has 20 heavy (non-hydrogen) atoms. The Morgan fingerprint density at radius 1 is 1.40 bits per heavy atom. The molecule has 2 N–H and O–H groups in total. The Morgan fingerprint density at radius 2 is 2.15 bits per heavy atom. The minimum absolute atomic E-state index is 0.133. The smallest absolute Gasteiger partial charge is 0.242 e. The lowest BCUT2D eigenvalue weighted by Gasteiger charge is -2.06. The Hall–Kier alpha value is -0.730. The molecule has 0 saturated carbocycles. The predicted molar refractivity (Wildman–Crippen MR) is 82.7 cm³/mol. The van der Waals surface area contributed by atoms with Crippen LogP contribution in [-0.4, -0.2) is 13.5 Å². The molecule has 0 aliphatic carbocycles. The van der Waals surface area contributed by atoms with E-state index in [4.69, 9.17) is 5.11 Å². The minimum atomic E-state index is -3.53. The molecule has 0 fully saturated rings. The van der Waals surface area contributed by atoms with Crippen molar-refractivity contribution in [3.05, 3.63) is 37.7 Å². The Morgan fingerprint density at radius 3 is 2.75 bits per heavy atom. The maximum atomic E-state index is 12.3. The van der Waals surface area contributed by atoms with Crippen LogP contribution >= 0.6 is 22.7 Å². The van der Waals surface area contributed by atoms with Crippen LogP contribution in [0.4, 0.5) is 0 Å². The van der Waals surface area contributed by atoms with Crippen molar-refractivity contribution >= 4 is 32.7 Å². The fraction of sp³-hybridized carbons (Fsp3) is 0.385. The first kappa shape index (κ1) is 15.7. The molecule has 0 saturated heterocycles. The van der Waals surface area contributed by atoms with Gasteiger partial charge in [-0.15, -0.1) is 22.7 Å². The van der Waals surface area contributed by atoms with E-state index in [2.05, 4.69) is 11.6 Å². The van der Waals surface area contributed by atoms with Gasteiger partial charge < -0.3 is 5.11 Å². The monoisotopic (exact) mass is 331 g/mol. The molecule has 0 unspecified atom stereocenters. The summed E-state index contributed by atoms with van der Waals surface area (Å²) < 4.78 is 27.2. The second-order valence-corrected chi connectivity index (χ2v) is 8.42. The Bertz CT molecular complexity index is 686. The number of aryl methyl sites for hydroxylation is 2. The van der Waals surface area contributed by atoms with Crippen LogP contribution in [0.1, 0.15) is 27.1 Å². The number of sulfonamides is 1. The highest BCUT2D eigenvalue weighted by Gasteiger charge is 2.20. The topological polar surface area (TPSA) is 66.4 Å². The number of nitrogens with one attached hydrogen (secondary N) is 1. The normalized spacial score (nSPS) is 11.9. The van der Waals surface area contributed by atoms with Crippen LogP contribution in [0.5, 0.6) is 0 Å². The number of thiophene rings is 2. The molecule has 2 aromatic rings. The maximum absolute atomic E-state index is 12.3. The average molecular weight is 331 g/mol. The van der Waals surface area contributed by atoms with Gasteiger partial charge >= 0.3 is 0 Å². The third-order valence-electron chi connectivity index (χ3n) is 3.01. The third-order valence-corrected chi connectivity index (χ3v) is 6.67. The summed E-state index contributed by atoms with van der Waals surface area (Å²) in [6.45, 7) is 3.98. The van der Waals surface area contributed by atoms with Gasteiger partial charge in [0.05, 0.1) is 11.5 Å². The SMILES string of the molecule is CCc1ccsc1CNS(=O)(=O)c1cc(CO)sc1C. The van der Waals surface area contributed by atoms with Crippen LogP contribution < -0.4 is 4.72 Å². The van der Waals surface area contributed by atoms with E-state index in [0.717, 1.165) is 11.3 Å². The largest absolute Gasteiger partial charge is 0.391 e. The average Bonchev–Trinajstić information content (AvgIpc) is 3.02. The van der Waals surface area contributed by atoms with E-state index in [0.29, 0.717) is 16.3 Å². The molecule has 0 aromatic carbocycles. The first-order valence-corrected chi connectivity index (χ1v) is 9.41. The summed E-state index contributed by atoms with van der Waals surface area (Å²) in [7, 11) is -3.53. The number of hydrogen-bond donors (Lipinski definition) is 2. The fourth-order valence-corrected chi connectivity index (χ4v) is 5.44. The predicted octanol–water partition coefficient (Wildman–Crippen LogP) is 2.65. The third kappa shape index (κ3) is 3.29. The Kier molecular flexibility index (Phi) is 4.98. The zero-order valence-electron chi connectivity index (χ0n) is 11.3. The number of aliphatic hydroxyl groups is 1. The molecule has 0 bridgehead atoms. The van der Waals surface area contributed by atoms with Gasteiger partial charge in [-0.05, 0) is 36.4 Å². The molecular formula is C13H17NO3S3. The molecule has 7 heteroatoms. The van der Waals surface area contributed by atoms with Crippen molar-refractivity contribution in [1.29, 1.82) is 0 Å². The Labute approximate surface area is 127 Å². The van der Waals surface area contributed by atoms with Crippen molar-refractivity contribution in [2.24, 2.45) is 0 Å². The quantitative estimate of drug-likeness (QED) is 0.855. The van der Waals surface area contributed by atoms with E-state index in [1.807, 2.05) is 11.4 Å². The summed E-state index contributed by atoms with van der Waals surface area (Å²) in [5.74, 6) is 0. The highest BCUT2D eigenvalue weighted by Crippen LogP contribution is 2.26. The molecule has 0 radical (unpaired) electrons. The molecule has 0 aliphatic heterocycles. The van der Waals surface area contributed by atoms with E-state index in [1.165, 1.54) is 23.0 Å². The fourth-order valence-electron chi connectivity index (χ4n) is 1.94. The van der Waals surface area contributed by atoms with Crippen molar-refractivity contribution < 1.29 is 13.5 Å². The van der Waals surface area contributed by atoms with Crippen molar-refractivity contribution in [3.63, 3.8) is 0 Å². The van der Waals surface area contributed by atoms with Gasteiger partial charge in [0.2, 0.25) is 10.0 Å². The second kappa shape index (κ2) is 6.36. The number of aliphatic hydroxyl groups excluding tert-OH is 1. The van der Waals surface area contributed by atoms with Crippen LogP contribution in [-0.2, 0) is 29.6 Å². The maximum Gasteiger partial charge on any atom is 0.242 e. The molecule has 2 rings (SSSR count). The van der Waals surface area contributed by atoms with Crippen molar-refractivity contribution in [2.75, 3.05) is 0 Å². The van der Waals surface area contributed by atoms with Crippen LogP contribution in [0.25, 0.3) is 0 Å². The number of rotatable bonds is 6. The molecule has 2 aromatic heterocycles. The zero-order valence-corrected chi connectivity index (χ0v) is 13.8. The van der Waals surface area contributed by atoms with Gasteiger partial charge in [-0.3, -0.25) is 0 Å². The van der Waals surface area contributed by atoms with Gasteiger partial charge in [0.15, 0.2) is 0 Å². The molecule has 110 valence electrons. The second-order valence-electron chi connectivity index (χ2n) is 4.34. The highest BCUT2D eigenvalue weighted by molar-refractivity contribution is 7.89. The minimum Gasteiger partial charge on any atom is -0.391 e. The van der Waals surface area contributed by atoms with Crippen molar-refractivity contribution in [3.8, 4) is 0 Å². The standard InChI is InChI=1S/C13H17NO3S3/c1-3-10-4-5-18-12(10)7-14-20(16,17)13-6-11(8-15)19-9(13)2/h4-6,14-15H,3,7-8H2,1-2H3. The van der Waals surface area contributed by atoms with Gasteiger partial charge in [-0.2, -0.15) is 0 Å². The van der Waals surface area contributed by atoms with E-state index in [-0.39, 0.29) is 11.5 Å². The van der Waals surface area contributed by atoms with E-state index < -0.39 is 10.0 Å². The van der Waals surface area contributed by atoms with Gasteiger partial charge in [-0.25, -0.2) is 13.1 Å². The summed E-state index contributed by atoms with van der Waals surface area (Å²) in [6.07, 6.45) is 0.896. The summed E-state index contributed by atoms with van der Waals surface area (Å²) in [5, 5.41) is 11.1. The lowest BCUT2D eigenvalue weighted by molar-refractivity contribution is 0.285. The van der Waals surface area contributed by atoms with Gasteiger partial charge in [-0.1, -0.05) is 6.92 Å². The summed E-state index contributed by atoms with van der Waals surface area (Å²) in [5.41, 5.74) is 1.18. The van der Waals surface area contributed by atoms with E-state index in [9.17, 15) is 8.42 Å². The van der Waals surface area contributed by atoms with Gasteiger partial charge in [0.25, 0.3) is 0 Å². The highest BCUT2D eigenvalue weighted by atomic mass is 32.2. The first-order valence-electron chi connectivity index (χ1n) is 6.23. The van der Waals surface area contributed by atoms with Crippen LogP contribution in [0, 0.1) is 6.92 Å². The lowest BCUT2D eigenvalue weighted by atomic mass is 10.2. The van der Waals surface area contributed by atoms with Gasteiger partial charge in [0, 0.05) is 21.2 Å². The Balaban J connectivity index is 2.17. The van der Waals surface area contributed by atoms with E-state index in [1.54, 1.807) is 18.3 Å². The zero-order chi connectivity index (χ0) is 14.8. The van der Waals surface area contributed by atoms with Crippen LogP contribution in [0.3, 0.4) is 0 Å². The van der Waals surface area contributed by atoms with Crippen molar-refractivity contribution in [2.45, 2.75) is 38.3 Å². The molecular weight excluding hydrogens is 314 g/mol. The number of hydrogen-bond acceptors (Lipinski definition) is 5. The van der Waals surface area contributed by atoms with Crippen LogP contribution in [0.2, 0.25) is 0 Å². The first-order chi connectivity index (χ1) is 9.47. The van der Waals surface area contributed by atoms with Gasteiger partial charge in [0.1, 0.15) is 0 Å². The molecule has 2 heterocycles. The molecule has 0 spiro atoms. The summed E-state index contributed by atoms with van der Waals surface area (Å²) in [4.78, 5) is 2.67. The molecule has 4 nitrogen and oxygen atoms in total.